The summed E-state index contributed by atoms with van der Waals surface area (Å²) < 4.78 is 4.29. The number of hydrogen-bond acceptors (Lipinski definition) is 2. The molecule has 36 valence electrons. The first kappa shape index (κ1) is 10.0. The van der Waals surface area contributed by atoms with Crippen LogP contribution in [0.2, 0.25) is 0 Å². The van der Waals surface area contributed by atoms with Gasteiger partial charge >= 0.3 is 18.9 Å². The van der Waals surface area contributed by atoms with Crippen molar-refractivity contribution in [3.8, 4) is 0 Å². The number of carbonyl (C=O) groups excluding carboxylic acids is 1. The van der Waals surface area contributed by atoms with E-state index in [1.807, 2.05) is 0 Å². The molecule has 2 nitrogen and oxygen atoms in total. The molecule has 0 bridgehead atoms. The summed E-state index contributed by atoms with van der Waals surface area (Å²) in [4.78, 5) is 9.71. The molecular weight excluding hydrogens is 87.0 g/mol. The van der Waals surface area contributed by atoms with Crippen LogP contribution in [0.4, 0.5) is 0 Å². The molecule has 0 saturated carbocycles. The third kappa shape index (κ3) is 10.7. The van der Waals surface area contributed by atoms with Gasteiger partial charge in [-0.3, -0.25) is 11.7 Å². The van der Waals surface area contributed by atoms with E-state index >= 15 is 0 Å². The summed E-state index contributed by atoms with van der Waals surface area (Å²) in [5.41, 5.74) is 0. The van der Waals surface area contributed by atoms with Gasteiger partial charge in [0.25, 0.3) is 0 Å². The van der Waals surface area contributed by atoms with Gasteiger partial charge in [-0.1, -0.05) is 0 Å². The molecule has 0 heterocycles. The van der Waals surface area contributed by atoms with Gasteiger partial charge in [-0.15, -0.1) is 0 Å². The van der Waals surface area contributed by atoms with E-state index in [1.54, 1.807) is 6.92 Å². The molecule has 0 aliphatic rings. The van der Waals surface area contributed by atoms with Crippen LogP contribution in [0, 0.1) is 6.92 Å². The van der Waals surface area contributed by atoms with Gasteiger partial charge in [0, 0.05) is 0 Å². The van der Waals surface area contributed by atoms with Crippen LogP contribution in [0.1, 0.15) is 6.92 Å². The molecule has 7 heavy (non-hydrogen) atoms. The van der Waals surface area contributed by atoms with Gasteiger partial charge in [-0.05, 0) is 6.92 Å². The van der Waals surface area contributed by atoms with Crippen LogP contribution in [-0.2, 0) is 9.53 Å². The molecule has 0 unspecified atom stereocenters. The monoisotopic (exact) mass is 94.1 g/mol. The predicted octanol–water partition coefficient (Wildman–Crippen LogP) is -2.61. The molecule has 0 aliphatic carbocycles. The van der Waals surface area contributed by atoms with Crippen molar-refractivity contribution in [2.24, 2.45) is 0 Å². The molecule has 0 aromatic rings. The molecule has 3 heteroatoms. The molecule has 0 rings (SSSR count). The number of rotatable bonds is 1. The summed E-state index contributed by atoms with van der Waals surface area (Å²) in [6, 6.07) is 0. The SMILES string of the molecule is [CH2-]C(=O)OCC.[Li+]. The van der Waals surface area contributed by atoms with Crippen LogP contribution in [-0.4, -0.2) is 12.6 Å². The second-order valence-corrected chi connectivity index (χ2v) is 0.805. The van der Waals surface area contributed by atoms with E-state index < -0.39 is 5.97 Å². The smallest absolute Gasteiger partial charge is 0.489 e. The molecule has 0 aromatic carbocycles. The number of esters is 1. The Bertz CT molecular complexity index is 53.7. The van der Waals surface area contributed by atoms with Gasteiger partial charge in [-0.25, -0.2) is 0 Å². The van der Waals surface area contributed by atoms with Crippen LogP contribution in [0.15, 0.2) is 0 Å². The summed E-state index contributed by atoms with van der Waals surface area (Å²) >= 11 is 0. The fraction of sp³-hybridized carbons (Fsp3) is 0.500. The first-order valence-electron chi connectivity index (χ1n) is 1.76. The van der Waals surface area contributed by atoms with Crippen LogP contribution in [0.25, 0.3) is 0 Å². The van der Waals surface area contributed by atoms with Gasteiger partial charge in [0.15, 0.2) is 5.97 Å². The molecule has 0 amide bonds. The Morgan fingerprint density at radius 3 is 2.29 bits per heavy atom. The minimum Gasteiger partial charge on any atom is -0.489 e. The molecule has 0 radical (unpaired) electrons. The Kier molecular flexibility index (Phi) is 8.51. The summed E-state index contributed by atoms with van der Waals surface area (Å²) in [5.74, 6) is -0.461. The van der Waals surface area contributed by atoms with Crippen LogP contribution < -0.4 is 18.9 Å². The minimum atomic E-state index is -0.461. The van der Waals surface area contributed by atoms with E-state index in [4.69, 9.17) is 0 Å². The summed E-state index contributed by atoms with van der Waals surface area (Å²) in [6.07, 6.45) is 0. The van der Waals surface area contributed by atoms with Gasteiger partial charge < -0.3 is 4.74 Å². The average molecular weight is 94.0 g/mol. The van der Waals surface area contributed by atoms with Gasteiger partial charge in [0.1, 0.15) is 0 Å². The van der Waals surface area contributed by atoms with Crippen LogP contribution in [0.3, 0.4) is 0 Å². The van der Waals surface area contributed by atoms with Crippen molar-refractivity contribution in [1.29, 1.82) is 0 Å². The molecule has 0 fully saturated rings. The van der Waals surface area contributed by atoms with Crippen LogP contribution >= 0.6 is 0 Å². The molecule has 0 atom stereocenters. The molecule has 0 aromatic heterocycles. The standard InChI is InChI=1S/C4H7O2.Li/c1-3-6-4(2)5;/h2-3H2,1H3;/q-1;+1. The Morgan fingerprint density at radius 1 is 1.86 bits per heavy atom. The zero-order valence-electron chi connectivity index (χ0n) is 4.73. The first-order valence-corrected chi connectivity index (χ1v) is 1.76. The predicted molar refractivity (Wildman–Crippen MR) is 22.0 cm³/mol. The number of hydrogen-bond donors (Lipinski definition) is 0. The minimum absolute atomic E-state index is 0. The van der Waals surface area contributed by atoms with Gasteiger partial charge in [0.05, 0.1) is 6.61 Å². The van der Waals surface area contributed by atoms with E-state index in [1.165, 1.54) is 0 Å². The molecule has 0 spiro atoms. The summed E-state index contributed by atoms with van der Waals surface area (Å²) in [6.45, 7) is 5.13. The quantitative estimate of drug-likeness (QED) is 0.202. The third-order valence-electron chi connectivity index (χ3n) is 0.305. The largest absolute Gasteiger partial charge is 1.00 e. The van der Waals surface area contributed by atoms with Crippen molar-refractivity contribution in [2.75, 3.05) is 6.61 Å². The van der Waals surface area contributed by atoms with E-state index in [2.05, 4.69) is 11.7 Å². The van der Waals surface area contributed by atoms with Gasteiger partial charge in [-0.2, -0.15) is 0 Å². The van der Waals surface area contributed by atoms with Crippen molar-refractivity contribution >= 4 is 5.97 Å². The second-order valence-electron chi connectivity index (χ2n) is 0.805. The Labute approximate surface area is 55.4 Å². The zero-order chi connectivity index (χ0) is 4.99. The fourth-order valence-corrected chi connectivity index (χ4v) is 0.161. The number of carbonyl (C=O) groups is 1. The van der Waals surface area contributed by atoms with Gasteiger partial charge in [0.2, 0.25) is 0 Å². The van der Waals surface area contributed by atoms with E-state index in [0.29, 0.717) is 6.61 Å². The zero-order valence-corrected chi connectivity index (χ0v) is 4.73. The molecule has 0 N–H and O–H groups in total. The maximum Gasteiger partial charge on any atom is 1.00 e. The second kappa shape index (κ2) is 5.94. The van der Waals surface area contributed by atoms with Crippen LogP contribution in [0.5, 0.6) is 0 Å². The Balaban J connectivity index is 0. The first-order chi connectivity index (χ1) is 2.77. The van der Waals surface area contributed by atoms with E-state index in [9.17, 15) is 4.79 Å². The molecular formula is C4H7LiO2. The summed E-state index contributed by atoms with van der Waals surface area (Å²) in [5, 5.41) is 0. The Morgan fingerprint density at radius 2 is 2.29 bits per heavy atom. The van der Waals surface area contributed by atoms with E-state index in [0.717, 1.165) is 0 Å². The average Bonchev–Trinajstić information content (AvgIpc) is 1.35. The maximum atomic E-state index is 9.71. The normalized spacial score (nSPS) is 6.43. The van der Waals surface area contributed by atoms with Crippen molar-refractivity contribution in [3.05, 3.63) is 6.92 Å². The number of ether oxygens (including phenoxy) is 1. The third-order valence-corrected chi connectivity index (χ3v) is 0.305. The fourth-order valence-electron chi connectivity index (χ4n) is 0.161. The Hall–Kier alpha value is -0.0626. The van der Waals surface area contributed by atoms with Crippen molar-refractivity contribution in [2.45, 2.75) is 6.92 Å². The van der Waals surface area contributed by atoms with Crippen molar-refractivity contribution < 1.29 is 28.4 Å². The maximum absolute atomic E-state index is 9.71. The molecule has 0 saturated heterocycles. The molecule has 0 aliphatic heterocycles. The summed E-state index contributed by atoms with van der Waals surface area (Å²) in [7, 11) is 0. The topological polar surface area (TPSA) is 26.3 Å². The van der Waals surface area contributed by atoms with Crippen molar-refractivity contribution in [1.82, 2.24) is 0 Å². The van der Waals surface area contributed by atoms with E-state index in [-0.39, 0.29) is 18.9 Å². The van der Waals surface area contributed by atoms with Crippen molar-refractivity contribution in [3.63, 3.8) is 0 Å².